The van der Waals surface area contributed by atoms with Crippen LogP contribution in [0.4, 0.5) is 5.69 Å². The van der Waals surface area contributed by atoms with E-state index in [9.17, 15) is 4.79 Å². The normalized spacial score (nSPS) is 10.4. The average Bonchev–Trinajstić information content (AvgIpc) is 2.35. The highest BCUT2D eigenvalue weighted by Crippen LogP contribution is 2.34. The molecule has 0 amide bonds. The summed E-state index contributed by atoms with van der Waals surface area (Å²) in [6.45, 7) is 0. The van der Waals surface area contributed by atoms with E-state index < -0.39 is 5.97 Å². The summed E-state index contributed by atoms with van der Waals surface area (Å²) in [5, 5.41) is 9.57. The van der Waals surface area contributed by atoms with Crippen molar-refractivity contribution in [1.82, 2.24) is 4.98 Å². The summed E-state index contributed by atoms with van der Waals surface area (Å²) < 4.78 is 0. The zero-order valence-electron chi connectivity index (χ0n) is 9.73. The summed E-state index contributed by atoms with van der Waals surface area (Å²) in [6.07, 6.45) is 1.32. The van der Waals surface area contributed by atoms with Gasteiger partial charge in [0.2, 0.25) is 0 Å². The molecule has 0 aliphatic rings. The Hall–Kier alpha value is -1.78. The molecule has 0 atom stereocenters. The van der Waals surface area contributed by atoms with E-state index in [1.807, 2.05) is 0 Å². The SMILES string of the molecule is Nc1cc(-c2cccc(Cl)c2Cl)cnc1CC(=O)O. The fraction of sp³-hybridized carbons (Fsp3) is 0.0769. The molecule has 2 rings (SSSR count). The van der Waals surface area contributed by atoms with Crippen molar-refractivity contribution in [1.29, 1.82) is 0 Å². The number of carbonyl (C=O) groups is 1. The van der Waals surface area contributed by atoms with Gasteiger partial charge in [0, 0.05) is 17.3 Å². The second-order valence-electron chi connectivity index (χ2n) is 3.93. The lowest BCUT2D eigenvalue weighted by Gasteiger charge is -2.08. The minimum absolute atomic E-state index is 0.213. The van der Waals surface area contributed by atoms with Gasteiger partial charge in [0.1, 0.15) is 0 Å². The van der Waals surface area contributed by atoms with Crippen LogP contribution in [-0.2, 0) is 11.2 Å². The molecule has 0 aliphatic carbocycles. The van der Waals surface area contributed by atoms with E-state index in [-0.39, 0.29) is 6.42 Å². The van der Waals surface area contributed by atoms with Crippen molar-refractivity contribution in [2.45, 2.75) is 6.42 Å². The Kier molecular flexibility index (Phi) is 3.93. The molecule has 0 aliphatic heterocycles. The highest BCUT2D eigenvalue weighted by atomic mass is 35.5. The Bertz CT molecular complexity index is 645. The fourth-order valence-corrected chi connectivity index (χ4v) is 2.08. The number of pyridine rings is 1. The Labute approximate surface area is 119 Å². The molecule has 3 N–H and O–H groups in total. The van der Waals surface area contributed by atoms with Crippen molar-refractivity contribution < 1.29 is 9.90 Å². The molecule has 0 unspecified atom stereocenters. The summed E-state index contributed by atoms with van der Waals surface area (Å²) in [5.41, 5.74) is 7.83. The van der Waals surface area contributed by atoms with E-state index in [1.165, 1.54) is 6.20 Å². The van der Waals surface area contributed by atoms with E-state index >= 15 is 0 Å². The first-order valence-electron chi connectivity index (χ1n) is 5.39. The van der Waals surface area contributed by atoms with Crippen LogP contribution >= 0.6 is 23.2 Å². The third-order valence-electron chi connectivity index (χ3n) is 2.58. The summed E-state index contributed by atoms with van der Waals surface area (Å²) in [5.74, 6) is -0.979. The van der Waals surface area contributed by atoms with Gasteiger partial charge >= 0.3 is 5.97 Å². The van der Waals surface area contributed by atoms with Gasteiger partial charge in [-0.15, -0.1) is 0 Å². The third-order valence-corrected chi connectivity index (χ3v) is 3.40. The lowest BCUT2D eigenvalue weighted by Crippen LogP contribution is -2.06. The number of nitrogens with zero attached hydrogens (tertiary/aromatic N) is 1. The Morgan fingerprint density at radius 2 is 2.11 bits per heavy atom. The van der Waals surface area contributed by atoms with Crippen molar-refractivity contribution in [2.75, 3.05) is 5.73 Å². The molecule has 0 bridgehead atoms. The number of aliphatic carboxylic acids is 1. The van der Waals surface area contributed by atoms with Gasteiger partial charge in [-0.05, 0) is 12.1 Å². The second kappa shape index (κ2) is 5.47. The van der Waals surface area contributed by atoms with E-state index in [0.29, 0.717) is 32.6 Å². The molecule has 2 aromatic rings. The number of aromatic nitrogens is 1. The zero-order chi connectivity index (χ0) is 14.0. The molecule has 1 heterocycles. The van der Waals surface area contributed by atoms with Crippen LogP contribution in [0.2, 0.25) is 10.0 Å². The molecule has 0 spiro atoms. The molecule has 0 saturated heterocycles. The first kappa shape index (κ1) is 13.6. The number of carboxylic acid groups (broad SMARTS) is 1. The molecule has 98 valence electrons. The van der Waals surface area contributed by atoms with Crippen molar-refractivity contribution in [3.63, 3.8) is 0 Å². The maximum absolute atomic E-state index is 10.6. The molecule has 1 aromatic heterocycles. The quantitative estimate of drug-likeness (QED) is 0.911. The van der Waals surface area contributed by atoms with Gasteiger partial charge in [-0.2, -0.15) is 0 Å². The number of hydrogen-bond acceptors (Lipinski definition) is 3. The highest BCUT2D eigenvalue weighted by molar-refractivity contribution is 6.43. The molecule has 0 radical (unpaired) electrons. The number of carboxylic acids is 1. The van der Waals surface area contributed by atoms with Crippen molar-refractivity contribution in [3.8, 4) is 11.1 Å². The van der Waals surface area contributed by atoms with Gasteiger partial charge in [0.15, 0.2) is 0 Å². The van der Waals surface area contributed by atoms with Crippen molar-refractivity contribution in [3.05, 3.63) is 46.2 Å². The largest absolute Gasteiger partial charge is 0.481 e. The Balaban J connectivity index is 2.44. The van der Waals surface area contributed by atoms with E-state index in [0.717, 1.165) is 0 Å². The van der Waals surface area contributed by atoms with Gasteiger partial charge in [0.05, 0.1) is 27.8 Å². The zero-order valence-corrected chi connectivity index (χ0v) is 11.2. The average molecular weight is 297 g/mol. The van der Waals surface area contributed by atoms with Crippen LogP contribution < -0.4 is 5.73 Å². The minimum atomic E-state index is -0.979. The predicted molar refractivity (Wildman–Crippen MR) is 75.4 cm³/mol. The first-order valence-corrected chi connectivity index (χ1v) is 6.15. The van der Waals surface area contributed by atoms with Crippen molar-refractivity contribution in [2.24, 2.45) is 0 Å². The monoisotopic (exact) mass is 296 g/mol. The van der Waals surface area contributed by atoms with Crippen LogP contribution in [0.5, 0.6) is 0 Å². The smallest absolute Gasteiger partial charge is 0.309 e. The predicted octanol–water partition coefficient (Wildman–Crippen LogP) is 3.26. The lowest BCUT2D eigenvalue weighted by atomic mass is 10.1. The fourth-order valence-electron chi connectivity index (χ4n) is 1.68. The van der Waals surface area contributed by atoms with Crippen LogP contribution in [0.3, 0.4) is 0 Å². The van der Waals surface area contributed by atoms with Crippen LogP contribution in [-0.4, -0.2) is 16.1 Å². The van der Waals surface area contributed by atoms with Crippen LogP contribution in [0, 0.1) is 0 Å². The second-order valence-corrected chi connectivity index (χ2v) is 4.72. The summed E-state index contributed by atoms with van der Waals surface area (Å²) >= 11 is 12.1. The number of benzene rings is 1. The topological polar surface area (TPSA) is 76.2 Å². The van der Waals surface area contributed by atoms with Gasteiger partial charge in [-0.25, -0.2) is 0 Å². The number of nitrogens with two attached hydrogens (primary N) is 1. The summed E-state index contributed by atoms with van der Waals surface area (Å²) in [7, 11) is 0. The number of anilines is 1. The van der Waals surface area contributed by atoms with Crippen molar-refractivity contribution >= 4 is 34.9 Å². The van der Waals surface area contributed by atoms with Crippen LogP contribution in [0.25, 0.3) is 11.1 Å². The maximum atomic E-state index is 10.6. The molecule has 6 heteroatoms. The maximum Gasteiger partial charge on any atom is 0.309 e. The molecule has 19 heavy (non-hydrogen) atoms. The van der Waals surface area contributed by atoms with Gasteiger partial charge in [-0.1, -0.05) is 35.3 Å². The van der Waals surface area contributed by atoms with E-state index in [1.54, 1.807) is 24.3 Å². The molecular weight excluding hydrogens is 287 g/mol. The Morgan fingerprint density at radius 3 is 2.74 bits per heavy atom. The summed E-state index contributed by atoms with van der Waals surface area (Å²) in [6, 6.07) is 6.89. The molecule has 4 nitrogen and oxygen atoms in total. The van der Waals surface area contributed by atoms with E-state index in [4.69, 9.17) is 34.0 Å². The number of nitrogen functional groups attached to an aromatic ring is 1. The molecule has 0 saturated carbocycles. The lowest BCUT2D eigenvalue weighted by molar-refractivity contribution is -0.136. The molecule has 0 fully saturated rings. The van der Waals surface area contributed by atoms with Gasteiger partial charge in [-0.3, -0.25) is 9.78 Å². The van der Waals surface area contributed by atoms with E-state index in [2.05, 4.69) is 4.98 Å². The molecule has 1 aromatic carbocycles. The van der Waals surface area contributed by atoms with Crippen LogP contribution in [0.1, 0.15) is 5.69 Å². The summed E-state index contributed by atoms with van der Waals surface area (Å²) in [4.78, 5) is 14.7. The standard InChI is InChI=1S/C13H10Cl2N2O2/c14-9-3-1-2-8(13(9)15)7-4-10(16)11(17-6-7)5-12(18)19/h1-4,6H,5,16H2,(H,18,19). The third kappa shape index (κ3) is 2.97. The van der Waals surface area contributed by atoms with Crippen LogP contribution in [0.15, 0.2) is 30.5 Å². The minimum Gasteiger partial charge on any atom is -0.481 e. The molecular formula is C13H10Cl2N2O2. The number of halogens is 2. The Morgan fingerprint density at radius 1 is 1.37 bits per heavy atom. The van der Waals surface area contributed by atoms with Gasteiger partial charge in [0.25, 0.3) is 0 Å². The first-order chi connectivity index (χ1) is 8.99. The number of hydrogen-bond donors (Lipinski definition) is 2. The van der Waals surface area contributed by atoms with Gasteiger partial charge < -0.3 is 10.8 Å². The number of rotatable bonds is 3. The highest BCUT2D eigenvalue weighted by Gasteiger charge is 2.11.